The van der Waals surface area contributed by atoms with Gasteiger partial charge in [-0.05, 0) is 50.5 Å². The fourth-order valence-corrected chi connectivity index (χ4v) is 6.06. The number of hydrogen-bond donors (Lipinski definition) is 1. The highest BCUT2D eigenvalue weighted by Crippen LogP contribution is 2.54. The Morgan fingerprint density at radius 3 is 2.91 bits per heavy atom. The average molecular weight is 474 g/mol. The topological polar surface area (TPSA) is 76.8 Å². The van der Waals surface area contributed by atoms with Gasteiger partial charge in [0.1, 0.15) is 5.60 Å². The summed E-state index contributed by atoms with van der Waals surface area (Å²) in [4.78, 5) is 19.5. The van der Waals surface area contributed by atoms with E-state index in [-0.39, 0.29) is 35.7 Å². The summed E-state index contributed by atoms with van der Waals surface area (Å²) in [5, 5.41) is 10.4. The van der Waals surface area contributed by atoms with Gasteiger partial charge in [0.05, 0.1) is 18.5 Å². The van der Waals surface area contributed by atoms with E-state index in [1.54, 1.807) is 18.6 Å². The second kappa shape index (κ2) is 8.41. The summed E-state index contributed by atoms with van der Waals surface area (Å²) >= 11 is 0. The van der Waals surface area contributed by atoms with Gasteiger partial charge in [0.25, 0.3) is 5.91 Å². The van der Waals surface area contributed by atoms with Crippen molar-refractivity contribution in [3.05, 3.63) is 77.9 Å². The van der Waals surface area contributed by atoms with E-state index >= 15 is 0 Å². The number of aromatic hydroxyl groups is 1. The number of carbonyl (C=O) groups excluding carboxylic acids is 1. The Kier molecular flexibility index (Phi) is 5.33. The van der Waals surface area contributed by atoms with Crippen molar-refractivity contribution in [2.45, 2.75) is 51.0 Å². The number of amides is 1. The number of benzene rings is 2. The first-order valence-electron chi connectivity index (χ1n) is 12.4. The number of likely N-dealkylation sites (tertiary alicyclic amines) is 1. The van der Waals surface area contributed by atoms with E-state index < -0.39 is 5.60 Å². The number of piperidine rings is 1. The number of phenolic OH excluding ortho intramolecular Hbond substituents is 1. The average Bonchev–Trinajstić information content (AvgIpc) is 3.36. The molecule has 35 heavy (non-hydrogen) atoms. The molecule has 1 N–H and O–H groups in total. The number of imidazole rings is 1. The first kappa shape index (κ1) is 22.2. The molecule has 4 heterocycles. The van der Waals surface area contributed by atoms with Gasteiger partial charge in [-0.15, -0.1) is 0 Å². The van der Waals surface area contributed by atoms with Gasteiger partial charge in [-0.25, -0.2) is 4.98 Å². The van der Waals surface area contributed by atoms with Crippen molar-refractivity contribution < 1.29 is 19.4 Å². The number of para-hydroxylation sites is 1. The third-order valence-electron chi connectivity index (χ3n) is 7.88. The molecule has 2 saturated heterocycles. The van der Waals surface area contributed by atoms with E-state index in [1.165, 1.54) is 0 Å². The number of nitrogens with zero attached hydrogens (tertiary/aromatic N) is 3. The van der Waals surface area contributed by atoms with Crippen LogP contribution in [0.15, 0.2) is 61.2 Å². The van der Waals surface area contributed by atoms with Crippen LogP contribution < -0.4 is 4.74 Å². The lowest BCUT2D eigenvalue weighted by atomic mass is 9.70. The largest absolute Gasteiger partial charge is 0.504 e. The number of rotatable bonds is 3. The third-order valence-corrected chi connectivity index (χ3v) is 7.88. The quantitative estimate of drug-likeness (QED) is 0.610. The van der Waals surface area contributed by atoms with Crippen molar-refractivity contribution in [2.24, 2.45) is 11.8 Å². The van der Waals surface area contributed by atoms with Crippen molar-refractivity contribution in [3.63, 3.8) is 0 Å². The van der Waals surface area contributed by atoms with Crippen molar-refractivity contribution >= 4 is 5.91 Å². The summed E-state index contributed by atoms with van der Waals surface area (Å²) < 4.78 is 15.0. The number of hydrogen-bond acceptors (Lipinski definition) is 5. The van der Waals surface area contributed by atoms with Crippen molar-refractivity contribution in [1.82, 2.24) is 14.5 Å². The molecule has 7 nitrogen and oxygen atoms in total. The molecular weight excluding hydrogens is 442 g/mol. The molecule has 0 aliphatic carbocycles. The van der Waals surface area contributed by atoms with E-state index in [4.69, 9.17) is 9.47 Å². The Labute approximate surface area is 205 Å². The second-order valence-corrected chi connectivity index (χ2v) is 10.6. The molecule has 3 aliphatic heterocycles. The molecule has 3 aliphatic rings. The van der Waals surface area contributed by atoms with Crippen LogP contribution in [0.1, 0.15) is 54.3 Å². The molecule has 0 spiro atoms. The maximum Gasteiger partial charge on any atom is 0.253 e. The lowest BCUT2D eigenvalue weighted by molar-refractivity contribution is -0.184. The predicted octanol–water partition coefficient (Wildman–Crippen LogP) is 4.42. The van der Waals surface area contributed by atoms with Crippen molar-refractivity contribution in [1.29, 1.82) is 0 Å². The number of carbonyl (C=O) groups is 1. The molecule has 3 aromatic rings. The van der Waals surface area contributed by atoms with Crippen molar-refractivity contribution in [3.8, 4) is 11.5 Å². The van der Waals surface area contributed by atoms with Crippen LogP contribution in [-0.2, 0) is 11.3 Å². The lowest BCUT2D eigenvalue weighted by Crippen LogP contribution is -2.56. The van der Waals surface area contributed by atoms with Crippen LogP contribution in [0.4, 0.5) is 0 Å². The Hall–Kier alpha value is -3.32. The van der Waals surface area contributed by atoms with Crippen LogP contribution in [-0.4, -0.2) is 50.3 Å². The minimum atomic E-state index is -0.477. The Balaban J connectivity index is 1.19. The number of fused-ring (bicyclic) bond motifs is 4. The minimum Gasteiger partial charge on any atom is -0.504 e. The molecule has 182 valence electrons. The van der Waals surface area contributed by atoms with Crippen LogP contribution in [0.2, 0.25) is 0 Å². The predicted molar refractivity (Wildman–Crippen MR) is 130 cm³/mol. The van der Waals surface area contributed by atoms with Gasteiger partial charge >= 0.3 is 0 Å². The fourth-order valence-electron chi connectivity index (χ4n) is 6.06. The highest BCUT2D eigenvalue weighted by molar-refractivity contribution is 5.94. The normalized spacial score (nSPS) is 26.7. The second-order valence-electron chi connectivity index (χ2n) is 10.6. The molecule has 1 amide bonds. The molecule has 1 aromatic heterocycles. The number of ether oxygens (including phenoxy) is 2. The van der Waals surface area contributed by atoms with Crippen LogP contribution in [0.25, 0.3) is 0 Å². The lowest BCUT2D eigenvalue weighted by Gasteiger charge is -2.53. The van der Waals surface area contributed by atoms with E-state index in [2.05, 4.69) is 18.8 Å². The highest BCUT2D eigenvalue weighted by atomic mass is 16.5. The zero-order chi connectivity index (χ0) is 24.2. The van der Waals surface area contributed by atoms with E-state index in [1.807, 2.05) is 52.1 Å². The molecule has 0 unspecified atom stereocenters. The standard InChI is InChI=1S/C28H31N3O4/c1-28(2)22-14-20-16-31(27(33)19-6-3-5-18(13-19)15-30-12-10-29-17-30)11-9-24(20)34-25(22)21-7-4-8-23(32)26(21)35-28/h3-8,10,12-13,17,20,22,24-25,32H,9,11,14-16H2,1-2H3/t20-,22-,24-,25+/m1/s1. The van der Waals surface area contributed by atoms with Gasteiger partial charge in [0.15, 0.2) is 11.5 Å². The van der Waals surface area contributed by atoms with Gasteiger partial charge < -0.3 is 24.0 Å². The van der Waals surface area contributed by atoms with Gasteiger partial charge in [-0.3, -0.25) is 4.79 Å². The van der Waals surface area contributed by atoms with Crippen molar-refractivity contribution in [2.75, 3.05) is 13.1 Å². The summed E-state index contributed by atoms with van der Waals surface area (Å²) in [7, 11) is 0. The first-order chi connectivity index (χ1) is 16.9. The van der Waals surface area contributed by atoms with E-state index in [0.29, 0.717) is 25.4 Å². The molecule has 0 radical (unpaired) electrons. The molecule has 0 saturated carbocycles. The first-order valence-corrected chi connectivity index (χ1v) is 12.4. The Morgan fingerprint density at radius 2 is 2.09 bits per heavy atom. The minimum absolute atomic E-state index is 0.0764. The number of phenols is 1. The molecule has 2 fully saturated rings. The molecule has 4 atom stereocenters. The van der Waals surface area contributed by atoms with Crippen LogP contribution in [0.3, 0.4) is 0 Å². The summed E-state index contributed by atoms with van der Waals surface area (Å²) in [6, 6.07) is 13.4. The van der Waals surface area contributed by atoms with Gasteiger partial charge in [-0.2, -0.15) is 0 Å². The maximum absolute atomic E-state index is 13.5. The molecule has 7 heteroatoms. The van der Waals surface area contributed by atoms with E-state index in [0.717, 1.165) is 29.5 Å². The van der Waals surface area contributed by atoms with Gasteiger partial charge in [-0.1, -0.05) is 24.3 Å². The third kappa shape index (κ3) is 3.97. The van der Waals surface area contributed by atoms with Gasteiger partial charge in [0, 0.05) is 55.0 Å². The maximum atomic E-state index is 13.5. The van der Waals surface area contributed by atoms with Gasteiger partial charge in [0.2, 0.25) is 0 Å². The summed E-state index contributed by atoms with van der Waals surface area (Å²) in [5.41, 5.74) is 2.26. The SMILES string of the molecule is CC1(C)Oc2c(O)cccc2[C@@H]2O[C@@H]3CCN(C(=O)c4cccc(Cn5ccnc5)c4)C[C@H]3C[C@H]21. The smallest absolute Gasteiger partial charge is 0.253 e. The summed E-state index contributed by atoms with van der Waals surface area (Å²) in [6.07, 6.45) is 7.18. The monoisotopic (exact) mass is 473 g/mol. The zero-order valence-electron chi connectivity index (χ0n) is 20.1. The van der Waals surface area contributed by atoms with Crippen LogP contribution in [0.5, 0.6) is 11.5 Å². The molecule has 6 rings (SSSR count). The van der Waals surface area contributed by atoms with Crippen LogP contribution >= 0.6 is 0 Å². The summed E-state index contributed by atoms with van der Waals surface area (Å²) in [5.74, 6) is 1.18. The summed E-state index contributed by atoms with van der Waals surface area (Å²) in [6.45, 7) is 6.19. The van der Waals surface area contributed by atoms with Crippen LogP contribution in [0, 0.1) is 11.8 Å². The zero-order valence-corrected chi connectivity index (χ0v) is 20.1. The molecule has 2 aromatic carbocycles. The highest BCUT2D eigenvalue weighted by Gasteiger charge is 2.52. The molecular formula is C28H31N3O4. The number of aromatic nitrogens is 2. The molecule has 0 bridgehead atoms. The van der Waals surface area contributed by atoms with E-state index in [9.17, 15) is 9.90 Å². The fraction of sp³-hybridized carbons (Fsp3) is 0.429. The Bertz CT molecular complexity index is 1240. The Morgan fingerprint density at radius 1 is 1.23 bits per heavy atom.